The van der Waals surface area contributed by atoms with Gasteiger partial charge in [0.05, 0.1) is 26.4 Å². The van der Waals surface area contributed by atoms with Crippen LogP contribution in [0.3, 0.4) is 0 Å². The summed E-state index contributed by atoms with van der Waals surface area (Å²) >= 11 is 0. The van der Waals surface area contributed by atoms with Crippen LogP contribution >= 0.6 is 0 Å². The van der Waals surface area contributed by atoms with Crippen LogP contribution < -0.4 is 0 Å². The number of rotatable bonds is 10. The molecule has 8 nitrogen and oxygen atoms in total. The molecule has 0 aromatic rings. The summed E-state index contributed by atoms with van der Waals surface area (Å²) in [6.45, 7) is 6.34. The highest BCUT2D eigenvalue weighted by molar-refractivity contribution is 6.29. The molecule has 0 fully saturated rings. The molecule has 0 bridgehead atoms. The molecule has 0 heterocycles. The first kappa shape index (κ1) is 19.4. The zero-order valence-corrected chi connectivity index (χ0v) is 12.1. The maximum atomic E-state index is 11.2. The van der Waals surface area contributed by atoms with E-state index in [1.54, 1.807) is 0 Å². The quantitative estimate of drug-likeness (QED) is 0.186. The Morgan fingerprint density at radius 1 is 0.636 bits per heavy atom. The average Bonchev–Trinajstić information content (AvgIpc) is 2.52. The van der Waals surface area contributed by atoms with E-state index in [-0.39, 0.29) is 39.3 Å². The van der Waals surface area contributed by atoms with Gasteiger partial charge in [-0.2, -0.15) is 0 Å². The van der Waals surface area contributed by atoms with E-state index in [9.17, 15) is 19.2 Å². The first-order valence-corrected chi connectivity index (χ1v) is 6.43. The first-order valence-electron chi connectivity index (χ1n) is 6.43. The van der Waals surface area contributed by atoms with Crippen LogP contribution in [0.25, 0.3) is 0 Å². The Kier molecular flexibility index (Phi) is 10.7. The molecule has 0 unspecified atom stereocenters. The highest BCUT2D eigenvalue weighted by Crippen LogP contribution is 1.92. The third-order valence-electron chi connectivity index (χ3n) is 2.03. The fraction of sp³-hybridized carbons (Fsp3) is 0.429. The molecule has 8 heteroatoms. The molecule has 22 heavy (non-hydrogen) atoms. The standard InChI is InChI=1S/C14H18O8/c1-3-11(15)19-7-5-9-21-13(17)14(18)22-10-6-8-20-12(16)4-2/h3-4H,1-2,5-10H2. The van der Waals surface area contributed by atoms with E-state index in [4.69, 9.17) is 0 Å². The van der Waals surface area contributed by atoms with Crippen molar-refractivity contribution in [3.8, 4) is 0 Å². The first-order chi connectivity index (χ1) is 10.5. The monoisotopic (exact) mass is 314 g/mol. The maximum Gasteiger partial charge on any atom is 0.417 e. The molecule has 0 aromatic carbocycles. The lowest BCUT2D eigenvalue weighted by Crippen LogP contribution is -2.22. The number of carbonyl (C=O) groups is 4. The van der Waals surface area contributed by atoms with Gasteiger partial charge in [0.2, 0.25) is 0 Å². The van der Waals surface area contributed by atoms with E-state index in [0.717, 1.165) is 12.2 Å². The summed E-state index contributed by atoms with van der Waals surface area (Å²) < 4.78 is 18.5. The van der Waals surface area contributed by atoms with E-state index < -0.39 is 23.9 Å². The Morgan fingerprint density at radius 2 is 0.955 bits per heavy atom. The molecule has 122 valence electrons. The minimum absolute atomic E-state index is 0.0435. The second-order valence-corrected chi connectivity index (χ2v) is 3.72. The summed E-state index contributed by atoms with van der Waals surface area (Å²) in [7, 11) is 0. The molecule has 0 rings (SSSR count). The zero-order valence-electron chi connectivity index (χ0n) is 12.1. The molecule has 0 radical (unpaired) electrons. The van der Waals surface area contributed by atoms with E-state index in [1.807, 2.05) is 0 Å². The van der Waals surface area contributed by atoms with Crippen LogP contribution in [0.5, 0.6) is 0 Å². The number of hydrogen-bond acceptors (Lipinski definition) is 8. The second-order valence-electron chi connectivity index (χ2n) is 3.72. The van der Waals surface area contributed by atoms with E-state index in [2.05, 4.69) is 32.1 Å². The van der Waals surface area contributed by atoms with Crippen molar-refractivity contribution < 1.29 is 38.1 Å². The van der Waals surface area contributed by atoms with Gasteiger partial charge in [-0.05, 0) is 0 Å². The summed E-state index contributed by atoms with van der Waals surface area (Å²) in [6.07, 6.45) is 2.51. The smallest absolute Gasteiger partial charge is 0.417 e. The van der Waals surface area contributed by atoms with Gasteiger partial charge < -0.3 is 18.9 Å². The van der Waals surface area contributed by atoms with Gasteiger partial charge in [-0.25, -0.2) is 19.2 Å². The minimum Gasteiger partial charge on any atom is -0.462 e. The van der Waals surface area contributed by atoms with E-state index in [1.165, 1.54) is 0 Å². The van der Waals surface area contributed by atoms with Gasteiger partial charge in [-0.15, -0.1) is 0 Å². The highest BCUT2D eigenvalue weighted by Gasteiger charge is 2.16. The largest absolute Gasteiger partial charge is 0.462 e. The summed E-state index contributed by atoms with van der Waals surface area (Å²) in [6, 6.07) is 0. The van der Waals surface area contributed by atoms with Gasteiger partial charge in [0, 0.05) is 25.0 Å². The normalized spacial score (nSPS) is 9.27. The van der Waals surface area contributed by atoms with Gasteiger partial charge in [-0.3, -0.25) is 0 Å². The van der Waals surface area contributed by atoms with E-state index >= 15 is 0 Å². The van der Waals surface area contributed by atoms with Crippen molar-refractivity contribution in [1.82, 2.24) is 0 Å². The van der Waals surface area contributed by atoms with Gasteiger partial charge in [-0.1, -0.05) is 13.2 Å². The van der Waals surface area contributed by atoms with Crippen molar-refractivity contribution in [2.45, 2.75) is 12.8 Å². The van der Waals surface area contributed by atoms with Crippen LogP contribution in [0, 0.1) is 0 Å². The fourth-order valence-electron chi connectivity index (χ4n) is 1.03. The Balaban J connectivity index is 3.60. The highest BCUT2D eigenvalue weighted by atomic mass is 16.6. The summed E-state index contributed by atoms with van der Waals surface area (Å²) in [5, 5.41) is 0. The molecular formula is C14H18O8. The molecule has 0 aliphatic rings. The molecule has 0 aromatic heterocycles. The minimum atomic E-state index is -1.14. The zero-order chi connectivity index (χ0) is 16.8. The molecule has 0 N–H and O–H groups in total. The number of esters is 4. The molecule has 0 spiro atoms. The van der Waals surface area contributed by atoms with Crippen LogP contribution in [-0.2, 0) is 38.1 Å². The Labute approximate surface area is 127 Å². The molecule has 0 saturated carbocycles. The van der Waals surface area contributed by atoms with Gasteiger partial charge >= 0.3 is 23.9 Å². The predicted octanol–water partition coefficient (Wildman–Crippen LogP) is 0.311. The average molecular weight is 314 g/mol. The van der Waals surface area contributed by atoms with Crippen LogP contribution in [0.2, 0.25) is 0 Å². The Bertz CT molecular complexity index is 387. The third kappa shape index (κ3) is 10.2. The number of ether oxygens (including phenoxy) is 4. The molecule has 0 saturated heterocycles. The van der Waals surface area contributed by atoms with Gasteiger partial charge in [0.25, 0.3) is 0 Å². The lowest BCUT2D eigenvalue weighted by molar-refractivity contribution is -0.168. The molecule has 0 atom stereocenters. The Hall–Kier alpha value is -2.64. The van der Waals surface area contributed by atoms with Gasteiger partial charge in [0.1, 0.15) is 0 Å². The lowest BCUT2D eigenvalue weighted by Gasteiger charge is -2.06. The molecule has 0 amide bonds. The third-order valence-corrected chi connectivity index (χ3v) is 2.03. The Morgan fingerprint density at radius 3 is 1.27 bits per heavy atom. The van der Waals surface area contributed by atoms with Crippen molar-refractivity contribution in [2.24, 2.45) is 0 Å². The van der Waals surface area contributed by atoms with E-state index in [0.29, 0.717) is 0 Å². The van der Waals surface area contributed by atoms with Crippen molar-refractivity contribution in [3.05, 3.63) is 25.3 Å². The van der Waals surface area contributed by atoms with Crippen LogP contribution in [0.1, 0.15) is 12.8 Å². The van der Waals surface area contributed by atoms with Crippen molar-refractivity contribution in [1.29, 1.82) is 0 Å². The SMILES string of the molecule is C=CC(=O)OCCCOC(=O)C(=O)OCCCOC(=O)C=C. The van der Waals surface area contributed by atoms with Crippen molar-refractivity contribution in [2.75, 3.05) is 26.4 Å². The van der Waals surface area contributed by atoms with Crippen LogP contribution in [0.15, 0.2) is 25.3 Å². The predicted molar refractivity (Wildman–Crippen MR) is 73.5 cm³/mol. The van der Waals surface area contributed by atoms with Crippen molar-refractivity contribution >= 4 is 23.9 Å². The van der Waals surface area contributed by atoms with Crippen molar-refractivity contribution in [3.63, 3.8) is 0 Å². The lowest BCUT2D eigenvalue weighted by atomic mass is 10.5. The van der Waals surface area contributed by atoms with Gasteiger partial charge in [0.15, 0.2) is 0 Å². The summed E-state index contributed by atoms with van der Waals surface area (Å²) in [5.41, 5.74) is 0. The van der Waals surface area contributed by atoms with Crippen LogP contribution in [0.4, 0.5) is 0 Å². The maximum absolute atomic E-state index is 11.2. The fourth-order valence-corrected chi connectivity index (χ4v) is 1.03. The summed E-state index contributed by atoms with van der Waals surface area (Å²) in [4.78, 5) is 43.8. The molecular weight excluding hydrogens is 296 g/mol. The second kappa shape index (κ2) is 12.1. The number of carbonyl (C=O) groups excluding carboxylic acids is 4. The molecule has 0 aliphatic heterocycles. The topological polar surface area (TPSA) is 105 Å². The number of hydrogen-bond donors (Lipinski definition) is 0. The molecule has 0 aliphatic carbocycles. The summed E-state index contributed by atoms with van der Waals surface area (Å²) in [5.74, 6) is -3.44. The van der Waals surface area contributed by atoms with Crippen LogP contribution in [-0.4, -0.2) is 50.3 Å².